The van der Waals surface area contributed by atoms with E-state index < -0.39 is 36.5 Å². The predicted octanol–water partition coefficient (Wildman–Crippen LogP) is -0.0562. The molecule has 101 valence electrons. The fourth-order valence-electron chi connectivity index (χ4n) is 1.42. The lowest BCUT2D eigenvalue weighted by Crippen LogP contribution is -2.14. The highest BCUT2D eigenvalue weighted by Crippen LogP contribution is 2.21. The van der Waals surface area contributed by atoms with E-state index in [2.05, 4.69) is 0 Å². The number of hydrogen-bond donors (Lipinski definition) is 2. The van der Waals surface area contributed by atoms with Gasteiger partial charge >= 0.3 is 0 Å². The van der Waals surface area contributed by atoms with E-state index in [1.54, 1.807) is 0 Å². The molecule has 0 unspecified atom stereocenters. The van der Waals surface area contributed by atoms with Crippen LogP contribution in [0.5, 0.6) is 0 Å². The average molecular weight is 294 g/mol. The predicted molar refractivity (Wildman–Crippen MR) is 61.5 cm³/mol. The zero-order valence-electron chi connectivity index (χ0n) is 9.24. The third-order valence-electron chi connectivity index (χ3n) is 2.24. The van der Waals surface area contributed by atoms with Crippen LogP contribution in [-0.4, -0.2) is 28.0 Å². The molecule has 0 spiro atoms. The minimum absolute atomic E-state index is 0.128. The maximum atomic E-state index is 11.1. The number of benzene rings is 1. The number of primary sulfonamides is 1. The lowest BCUT2D eigenvalue weighted by Gasteiger charge is -2.08. The van der Waals surface area contributed by atoms with Crippen LogP contribution in [0, 0.1) is 0 Å². The monoisotopic (exact) mass is 294 g/mol. The van der Waals surface area contributed by atoms with Crippen LogP contribution < -0.4 is 5.14 Å². The Kier molecular flexibility index (Phi) is 4.46. The van der Waals surface area contributed by atoms with Gasteiger partial charge < -0.3 is 0 Å². The van der Waals surface area contributed by atoms with Crippen LogP contribution in [-0.2, 0) is 31.7 Å². The fourth-order valence-corrected chi connectivity index (χ4v) is 2.81. The van der Waals surface area contributed by atoms with Gasteiger partial charge in [0.05, 0.1) is 16.4 Å². The smallest absolute Gasteiger partial charge is 0.282 e. The van der Waals surface area contributed by atoms with Gasteiger partial charge in [0.1, 0.15) is 0 Å². The van der Waals surface area contributed by atoms with E-state index in [9.17, 15) is 21.9 Å². The molecule has 9 heteroatoms. The van der Waals surface area contributed by atoms with Crippen LogP contribution in [0.25, 0.3) is 0 Å². The number of nitrogens with two attached hydrogens (primary N) is 1. The molecule has 1 radical (unpaired) electrons. The van der Waals surface area contributed by atoms with Crippen molar-refractivity contribution < 1.29 is 26.5 Å². The summed E-state index contributed by atoms with van der Waals surface area (Å²) in [6.45, 7) is -0.401. The van der Waals surface area contributed by atoms with Crippen molar-refractivity contribution >= 4 is 20.1 Å². The Balaban J connectivity index is 3.40. The van der Waals surface area contributed by atoms with Crippen molar-refractivity contribution in [3.8, 4) is 0 Å². The summed E-state index contributed by atoms with van der Waals surface area (Å²) in [5.74, 6) is 0. The Labute approximate surface area is 105 Å². The van der Waals surface area contributed by atoms with Crippen LogP contribution in [0.15, 0.2) is 28.0 Å². The second-order valence-corrected chi connectivity index (χ2v) is 6.55. The Bertz CT molecular complexity index is 635. The Hall–Kier alpha value is -1.00. The molecule has 0 aromatic heterocycles. The topological polar surface area (TPSA) is 134 Å². The number of sulfonamides is 1. The van der Waals surface area contributed by atoms with Gasteiger partial charge in [0.15, 0.2) is 0 Å². The number of hydrogen-bond acceptors (Lipinski definition) is 4. The molecule has 0 fully saturated rings. The molecule has 1 aromatic carbocycles. The van der Waals surface area contributed by atoms with Gasteiger partial charge in [0.2, 0.25) is 10.0 Å². The first-order chi connectivity index (χ1) is 8.16. The highest BCUT2D eigenvalue weighted by atomic mass is 32.2. The van der Waals surface area contributed by atoms with Gasteiger partial charge in [-0.2, -0.15) is 8.42 Å². The van der Waals surface area contributed by atoms with Gasteiger partial charge in [-0.1, -0.05) is 6.07 Å². The SMILES string of the molecule is NS(=O)(=O)c1ccc(CCC[O])c(S(=O)(=O)O)c1. The second kappa shape index (κ2) is 5.33. The lowest BCUT2D eigenvalue weighted by molar-refractivity contribution is 0.189. The summed E-state index contributed by atoms with van der Waals surface area (Å²) < 4.78 is 53.5. The zero-order valence-corrected chi connectivity index (χ0v) is 10.9. The van der Waals surface area contributed by atoms with E-state index in [4.69, 9.17) is 9.69 Å². The van der Waals surface area contributed by atoms with Crippen molar-refractivity contribution in [2.24, 2.45) is 5.14 Å². The van der Waals surface area contributed by atoms with Crippen LogP contribution >= 0.6 is 0 Å². The Morgan fingerprint density at radius 3 is 2.22 bits per heavy atom. The molecule has 0 amide bonds. The van der Waals surface area contributed by atoms with Gasteiger partial charge in [0.25, 0.3) is 10.1 Å². The van der Waals surface area contributed by atoms with Crippen molar-refractivity contribution in [3.05, 3.63) is 23.8 Å². The third kappa shape index (κ3) is 3.75. The van der Waals surface area contributed by atoms with E-state index in [1.807, 2.05) is 0 Å². The first-order valence-electron chi connectivity index (χ1n) is 4.87. The van der Waals surface area contributed by atoms with E-state index >= 15 is 0 Å². The normalized spacial score (nSPS) is 12.6. The van der Waals surface area contributed by atoms with Crippen molar-refractivity contribution in [2.45, 2.75) is 22.6 Å². The molecule has 0 aliphatic rings. The van der Waals surface area contributed by atoms with E-state index in [0.29, 0.717) is 0 Å². The summed E-state index contributed by atoms with van der Waals surface area (Å²) in [6, 6.07) is 3.13. The summed E-state index contributed by atoms with van der Waals surface area (Å²) >= 11 is 0. The van der Waals surface area contributed by atoms with Crippen molar-refractivity contribution in [1.82, 2.24) is 0 Å². The molecule has 0 heterocycles. The van der Waals surface area contributed by atoms with Crippen LogP contribution in [0.1, 0.15) is 12.0 Å². The van der Waals surface area contributed by atoms with E-state index in [0.717, 1.165) is 12.1 Å². The Morgan fingerprint density at radius 2 is 1.78 bits per heavy atom. The van der Waals surface area contributed by atoms with Gasteiger partial charge in [-0.15, -0.1) is 0 Å². The minimum atomic E-state index is -4.57. The standard InChI is InChI=1S/C9H12NO6S2/c10-17(12,13)8-4-3-7(2-1-5-11)9(6-8)18(14,15)16/h3-4,6H,1-2,5H2,(H2,10,12,13)(H,14,15,16). The minimum Gasteiger partial charge on any atom is -0.282 e. The quantitative estimate of drug-likeness (QED) is 0.734. The number of rotatable bonds is 5. The van der Waals surface area contributed by atoms with Gasteiger partial charge in [-0.05, 0) is 30.5 Å². The summed E-state index contributed by atoms with van der Waals surface area (Å²) in [6.07, 6.45) is 0.306. The van der Waals surface area contributed by atoms with Crippen LogP contribution in [0.3, 0.4) is 0 Å². The fraction of sp³-hybridized carbons (Fsp3) is 0.333. The molecular weight excluding hydrogens is 282 g/mol. The lowest BCUT2D eigenvalue weighted by atomic mass is 10.1. The summed E-state index contributed by atoms with van der Waals surface area (Å²) in [5.41, 5.74) is 0.181. The molecule has 3 N–H and O–H groups in total. The molecule has 0 bridgehead atoms. The maximum Gasteiger partial charge on any atom is 0.294 e. The van der Waals surface area contributed by atoms with E-state index in [-0.39, 0.29) is 18.4 Å². The molecular formula is C9H12NO6S2. The molecule has 7 nitrogen and oxygen atoms in total. The number of aryl methyl sites for hydroxylation is 1. The first kappa shape index (κ1) is 15.1. The van der Waals surface area contributed by atoms with Gasteiger partial charge in [-0.3, -0.25) is 4.55 Å². The second-order valence-electron chi connectivity index (χ2n) is 3.60. The zero-order chi connectivity index (χ0) is 14.0. The largest absolute Gasteiger partial charge is 0.294 e. The molecule has 0 atom stereocenters. The molecule has 0 aliphatic carbocycles. The average Bonchev–Trinajstić information content (AvgIpc) is 2.23. The maximum absolute atomic E-state index is 11.1. The molecule has 18 heavy (non-hydrogen) atoms. The van der Waals surface area contributed by atoms with E-state index in [1.165, 1.54) is 6.07 Å². The summed E-state index contributed by atoms with van der Waals surface area (Å²) in [4.78, 5) is -0.955. The van der Waals surface area contributed by atoms with Gasteiger partial charge in [0, 0.05) is 0 Å². The molecule has 0 saturated heterocycles. The highest BCUT2D eigenvalue weighted by molar-refractivity contribution is 7.89. The molecule has 1 rings (SSSR count). The van der Waals surface area contributed by atoms with Crippen LogP contribution in [0.4, 0.5) is 0 Å². The molecule has 0 saturated carbocycles. The van der Waals surface area contributed by atoms with Gasteiger partial charge in [-0.25, -0.2) is 18.7 Å². The summed E-state index contributed by atoms with van der Waals surface area (Å²) in [5, 5.41) is 15.2. The third-order valence-corrected chi connectivity index (χ3v) is 4.08. The van der Waals surface area contributed by atoms with Crippen LogP contribution in [0.2, 0.25) is 0 Å². The van der Waals surface area contributed by atoms with Crippen molar-refractivity contribution in [2.75, 3.05) is 6.61 Å². The molecule has 0 aliphatic heterocycles. The van der Waals surface area contributed by atoms with Crippen molar-refractivity contribution in [1.29, 1.82) is 0 Å². The molecule has 1 aromatic rings. The highest BCUT2D eigenvalue weighted by Gasteiger charge is 2.19. The summed E-state index contributed by atoms with van der Waals surface area (Å²) in [7, 11) is -8.63. The Morgan fingerprint density at radius 1 is 1.17 bits per heavy atom. The first-order valence-corrected chi connectivity index (χ1v) is 7.86. The van der Waals surface area contributed by atoms with Crippen molar-refractivity contribution in [3.63, 3.8) is 0 Å².